The Hall–Kier alpha value is -3.37. The summed E-state index contributed by atoms with van der Waals surface area (Å²) in [7, 11) is 3.02. The van der Waals surface area contributed by atoms with Gasteiger partial charge in [0.05, 0.1) is 41.5 Å². The Morgan fingerprint density at radius 2 is 1.27 bits per heavy atom. The zero-order valence-corrected chi connectivity index (χ0v) is 51.7. The van der Waals surface area contributed by atoms with Crippen LogP contribution in [0.2, 0.25) is 0 Å². The number of cyclic esters (lactones) is 1. The van der Waals surface area contributed by atoms with Crippen LogP contribution in [0.25, 0.3) is 0 Å². The first kappa shape index (κ1) is 65.8. The molecule has 1 amide bonds. The molecule has 6 rings (SSSR count). The summed E-state index contributed by atoms with van der Waals surface area (Å²) in [4.78, 5) is 33.1. The molecule has 1 unspecified atom stereocenters. The Bertz CT molecular complexity index is 2250. The van der Waals surface area contributed by atoms with Crippen molar-refractivity contribution in [3.05, 3.63) is 91.0 Å². The Balaban J connectivity index is 1.21. The molecule has 0 saturated carbocycles. The van der Waals surface area contributed by atoms with E-state index in [4.69, 9.17) is 23.7 Å². The Labute approximate surface area is 480 Å². The zero-order valence-electron chi connectivity index (χ0n) is 50.7. The van der Waals surface area contributed by atoms with E-state index in [1.165, 1.54) is 29.9 Å². The standard InChI is InChI=1S/C65H103N2O12P/c1-14-54-65(10,74)58(70)47(6)67(55(68)37-29-18-16-15-17-19-30-38-80(49-31-23-20-24-32-49,50-33-25-21-26-34-50)51-35-27-22-28-36-51)42-43(2)40-63(8,73)60(79-62-57(69)52(66(11)12)39-44(3)76-62)45(4)56(46(5)61(72)78-54)53-41-64(9,75-13)59(71)48(7)77-53/h20-28,31-36,43-48,52-54,56-60,62,69-71,73-74,80H,14-19,29-30,37-42H2,1-13H3/t43-,44-,45+,46-,47-,48+,52+,53-,54-,56?,57-,58-,59+,60-,62+,63-,64-,65-/m1/s1. The van der Waals surface area contributed by atoms with E-state index in [0.29, 0.717) is 12.8 Å². The van der Waals surface area contributed by atoms with Gasteiger partial charge in [-0.05, 0) is 86.7 Å². The minimum absolute atomic E-state index is 0.103. The van der Waals surface area contributed by atoms with Crippen molar-refractivity contribution < 1.29 is 58.8 Å². The van der Waals surface area contributed by atoms with Gasteiger partial charge in [0, 0.05) is 25.5 Å². The molecule has 3 heterocycles. The van der Waals surface area contributed by atoms with E-state index >= 15 is 0 Å². The van der Waals surface area contributed by atoms with Crippen LogP contribution in [0, 0.1) is 23.7 Å². The average molecular weight is 1140 g/mol. The van der Waals surface area contributed by atoms with Crippen molar-refractivity contribution in [3.8, 4) is 0 Å². The normalized spacial score (nSPS) is 36.4. The number of likely N-dealkylation sites (N-methyl/N-ethyl adjacent to an activating group) is 1. The second-order valence-electron chi connectivity index (χ2n) is 25.3. The third-order valence-electron chi connectivity index (χ3n) is 18.8. The number of hydrogen-bond donors (Lipinski definition) is 5. The molecule has 0 spiro atoms. The van der Waals surface area contributed by atoms with E-state index < -0.39 is 103 Å². The van der Waals surface area contributed by atoms with Gasteiger partial charge in [-0.2, -0.15) is 0 Å². The van der Waals surface area contributed by atoms with Crippen LogP contribution in [0.15, 0.2) is 91.0 Å². The maximum atomic E-state index is 14.8. The van der Waals surface area contributed by atoms with Crippen molar-refractivity contribution in [1.29, 1.82) is 0 Å². The monoisotopic (exact) mass is 1130 g/mol. The number of aliphatic hydroxyl groups is 5. The van der Waals surface area contributed by atoms with Crippen LogP contribution in [0.3, 0.4) is 0 Å². The van der Waals surface area contributed by atoms with E-state index in [1.54, 1.807) is 39.5 Å². The first-order chi connectivity index (χ1) is 37.8. The van der Waals surface area contributed by atoms with Gasteiger partial charge in [-0.1, -0.05) is 27.7 Å². The third kappa shape index (κ3) is 15.3. The topological polar surface area (TPSA) is 188 Å². The third-order valence-corrected chi connectivity index (χ3v) is 23.9. The number of aliphatic hydroxyl groups excluding tert-OH is 3. The molecule has 3 aliphatic rings. The van der Waals surface area contributed by atoms with Gasteiger partial charge in [0.15, 0.2) is 6.29 Å². The Morgan fingerprint density at radius 3 is 1.79 bits per heavy atom. The van der Waals surface area contributed by atoms with Crippen LogP contribution in [0.1, 0.15) is 146 Å². The van der Waals surface area contributed by atoms with Crippen molar-refractivity contribution in [2.45, 2.75) is 230 Å². The van der Waals surface area contributed by atoms with Crippen molar-refractivity contribution in [1.82, 2.24) is 9.80 Å². The van der Waals surface area contributed by atoms with Crippen molar-refractivity contribution >= 4 is 35.1 Å². The molecule has 15 heteroatoms. The zero-order chi connectivity index (χ0) is 58.7. The van der Waals surface area contributed by atoms with E-state index in [2.05, 4.69) is 91.0 Å². The summed E-state index contributed by atoms with van der Waals surface area (Å²) in [6.07, 6.45) is 0.391. The number of esters is 1. The van der Waals surface area contributed by atoms with Crippen molar-refractivity contribution in [3.63, 3.8) is 0 Å². The molecular formula is C65H103N2O12P. The molecule has 14 nitrogen and oxygen atoms in total. The van der Waals surface area contributed by atoms with Gasteiger partial charge in [-0.25, -0.2) is 0 Å². The van der Waals surface area contributed by atoms with Crippen LogP contribution in [-0.4, -0.2) is 165 Å². The van der Waals surface area contributed by atoms with Crippen LogP contribution >= 0.6 is 7.26 Å². The molecule has 0 aromatic heterocycles. The number of ether oxygens (including phenoxy) is 5. The van der Waals surface area contributed by atoms with Gasteiger partial charge in [-0.15, -0.1) is 0 Å². The van der Waals surface area contributed by atoms with Crippen molar-refractivity contribution in [2.24, 2.45) is 23.7 Å². The summed E-state index contributed by atoms with van der Waals surface area (Å²) in [5.41, 5.74) is -4.73. The first-order valence-electron chi connectivity index (χ1n) is 30.2. The van der Waals surface area contributed by atoms with E-state index in [1.807, 2.05) is 46.7 Å². The quantitative estimate of drug-likeness (QED) is 0.0443. The number of unbranched alkanes of at least 4 members (excludes halogenated alkanes) is 6. The number of carbonyl (C=O) groups is 2. The molecule has 5 N–H and O–H groups in total. The number of methoxy groups -OCH3 is 1. The molecule has 80 heavy (non-hydrogen) atoms. The molecule has 0 aliphatic carbocycles. The predicted octanol–water partition coefficient (Wildman–Crippen LogP) is 7.92. The van der Waals surface area contributed by atoms with Crippen molar-refractivity contribution in [2.75, 3.05) is 33.9 Å². The Morgan fingerprint density at radius 1 is 0.750 bits per heavy atom. The molecule has 3 aromatic carbocycles. The van der Waals surface area contributed by atoms with Gasteiger partial charge in [0.25, 0.3) is 0 Å². The molecule has 3 fully saturated rings. The van der Waals surface area contributed by atoms with Gasteiger partial charge in [0.1, 0.15) is 30.0 Å². The minimum atomic E-state index is -2.30. The van der Waals surface area contributed by atoms with Gasteiger partial charge >= 0.3 is 206 Å². The Kier molecular flexibility index (Phi) is 23.8. The molecule has 0 bridgehead atoms. The summed E-state index contributed by atoms with van der Waals surface area (Å²) in [6.45, 7) is 17.8. The predicted molar refractivity (Wildman–Crippen MR) is 320 cm³/mol. The van der Waals surface area contributed by atoms with Crippen LogP contribution in [0.4, 0.5) is 0 Å². The molecule has 3 saturated heterocycles. The molecule has 3 aliphatic heterocycles. The summed E-state index contributed by atoms with van der Waals surface area (Å²) in [5.74, 6) is -3.64. The molecular weight excluding hydrogens is 1030 g/mol. The smallest absolute Gasteiger partial charge is 0.388 e. The van der Waals surface area contributed by atoms with Gasteiger partial charge in [0.2, 0.25) is 0 Å². The molecule has 450 valence electrons. The molecule has 18 atom stereocenters. The fourth-order valence-corrected chi connectivity index (χ4v) is 19.1. The van der Waals surface area contributed by atoms with Crippen LogP contribution in [-0.2, 0) is 33.3 Å². The van der Waals surface area contributed by atoms with Crippen LogP contribution < -0.4 is 15.9 Å². The number of nitrogens with zero attached hydrogens (tertiary/aromatic N) is 2. The van der Waals surface area contributed by atoms with E-state index in [-0.39, 0.29) is 56.2 Å². The van der Waals surface area contributed by atoms with Gasteiger partial charge < -0.3 is 54.1 Å². The number of benzene rings is 3. The summed E-state index contributed by atoms with van der Waals surface area (Å²) in [5, 5.41) is 65.2. The molecule has 0 radical (unpaired) electrons. The van der Waals surface area contributed by atoms with E-state index in [9.17, 15) is 35.1 Å². The second kappa shape index (κ2) is 28.9. The minimum Gasteiger partial charge on any atom is -0.388 e. The first-order valence-corrected chi connectivity index (χ1v) is 32.4. The van der Waals surface area contributed by atoms with Gasteiger partial charge in [-0.3, -0.25) is 4.79 Å². The summed E-state index contributed by atoms with van der Waals surface area (Å²) < 4.78 is 32.2. The number of amides is 1. The average Bonchev–Trinajstić information content (AvgIpc) is 3.43. The molecule has 3 aromatic rings. The number of carbonyl (C=O) groups excluding carboxylic acids is 2. The number of rotatable bonds is 19. The fourth-order valence-electron chi connectivity index (χ4n) is 14.2. The SMILES string of the molecule is CC[C@H]1OC(=O)[C@H](C)C([C@H]2C[C@@](C)(OC)[C@@H](O)[C@H](C)O2)[C@H](C)[C@@H](O[C@@H]2O[C@H](C)C[C@H](N(C)C)[C@H]2O)[C@](C)(O)C[C@@H](C)CN(C(=O)CCCCCCCCC[PH](c2ccccc2)(c2ccccc2)c2ccccc2)[C@H](C)[C@@H](O)[C@]1(C)O. The maximum absolute atomic E-state index is 14.8. The van der Waals surface area contributed by atoms with E-state index in [0.717, 1.165) is 44.7 Å². The number of hydrogen-bond acceptors (Lipinski definition) is 13. The summed E-state index contributed by atoms with van der Waals surface area (Å²) in [6, 6.07) is 31.9. The second-order valence-corrected chi connectivity index (χ2v) is 29.4. The summed E-state index contributed by atoms with van der Waals surface area (Å²) >= 11 is 0. The fraction of sp³-hybridized carbons (Fsp3) is 0.692. The van der Waals surface area contributed by atoms with Crippen LogP contribution in [0.5, 0.6) is 0 Å².